The maximum atomic E-state index is 8.86. The van der Waals surface area contributed by atoms with E-state index >= 15 is 0 Å². The molecular formula is C18H19NO2. The number of aryl methyl sites for hydroxylation is 2. The molecule has 0 radical (unpaired) electrons. The lowest BCUT2D eigenvalue weighted by Crippen LogP contribution is -2.03. The zero-order chi connectivity index (χ0) is 15.2. The van der Waals surface area contributed by atoms with Crippen molar-refractivity contribution in [3.05, 3.63) is 58.7 Å². The first-order valence-electron chi connectivity index (χ1n) is 6.88. The second kappa shape index (κ2) is 6.81. The average Bonchev–Trinajstić information content (AvgIpc) is 2.47. The van der Waals surface area contributed by atoms with Crippen molar-refractivity contribution in [3.8, 4) is 17.6 Å². The summed E-state index contributed by atoms with van der Waals surface area (Å²) in [5, 5.41) is 8.86. The minimum atomic E-state index is 0.309. The normalized spacial score (nSPS) is 10.0. The molecule has 0 atom stereocenters. The standard InChI is InChI=1S/C18H19NO2/c1-13-6-4-7-14(2)16(13)12-21-17-9-5-8-15(10-11-19)18(17)20-3/h4-9H,10,12H2,1-3H3. The molecule has 0 unspecified atom stereocenters. The van der Waals surface area contributed by atoms with Gasteiger partial charge in [-0.3, -0.25) is 0 Å². The highest BCUT2D eigenvalue weighted by atomic mass is 16.5. The van der Waals surface area contributed by atoms with E-state index < -0.39 is 0 Å². The first-order chi connectivity index (χ1) is 10.2. The number of para-hydroxylation sites is 1. The Kier molecular flexibility index (Phi) is 4.84. The van der Waals surface area contributed by atoms with E-state index in [4.69, 9.17) is 14.7 Å². The van der Waals surface area contributed by atoms with Crippen LogP contribution in [-0.2, 0) is 13.0 Å². The molecule has 3 nitrogen and oxygen atoms in total. The predicted molar refractivity (Wildman–Crippen MR) is 82.6 cm³/mol. The van der Waals surface area contributed by atoms with Gasteiger partial charge in [0.2, 0.25) is 0 Å². The Bertz CT molecular complexity index is 651. The zero-order valence-electron chi connectivity index (χ0n) is 12.6. The molecule has 2 rings (SSSR count). The summed E-state index contributed by atoms with van der Waals surface area (Å²) in [5.74, 6) is 1.32. The van der Waals surface area contributed by atoms with Gasteiger partial charge in [0.15, 0.2) is 11.5 Å². The molecule has 0 fully saturated rings. The van der Waals surface area contributed by atoms with E-state index in [0.29, 0.717) is 24.5 Å². The van der Waals surface area contributed by atoms with Gasteiger partial charge in [-0.15, -0.1) is 0 Å². The van der Waals surface area contributed by atoms with Crippen molar-refractivity contribution < 1.29 is 9.47 Å². The molecule has 0 saturated heterocycles. The van der Waals surface area contributed by atoms with Crippen LogP contribution in [0.25, 0.3) is 0 Å². The van der Waals surface area contributed by atoms with Gasteiger partial charge in [0.25, 0.3) is 0 Å². The highest BCUT2D eigenvalue weighted by molar-refractivity contribution is 5.48. The third kappa shape index (κ3) is 3.35. The van der Waals surface area contributed by atoms with Crippen LogP contribution in [0.15, 0.2) is 36.4 Å². The highest BCUT2D eigenvalue weighted by Crippen LogP contribution is 2.32. The Labute approximate surface area is 125 Å². The molecule has 0 aliphatic heterocycles. The first kappa shape index (κ1) is 14.9. The maximum absolute atomic E-state index is 8.86. The van der Waals surface area contributed by atoms with Crippen LogP contribution < -0.4 is 9.47 Å². The van der Waals surface area contributed by atoms with Crippen molar-refractivity contribution in [1.82, 2.24) is 0 Å². The quantitative estimate of drug-likeness (QED) is 0.833. The van der Waals surface area contributed by atoms with Gasteiger partial charge in [-0.2, -0.15) is 5.26 Å². The third-order valence-corrected chi connectivity index (χ3v) is 3.55. The maximum Gasteiger partial charge on any atom is 0.164 e. The summed E-state index contributed by atoms with van der Waals surface area (Å²) < 4.78 is 11.3. The fraction of sp³-hybridized carbons (Fsp3) is 0.278. The fourth-order valence-electron chi connectivity index (χ4n) is 2.36. The van der Waals surface area contributed by atoms with E-state index in [2.05, 4.69) is 32.0 Å². The average molecular weight is 281 g/mol. The van der Waals surface area contributed by atoms with Crippen LogP contribution in [0.3, 0.4) is 0 Å². The van der Waals surface area contributed by atoms with Gasteiger partial charge in [0.05, 0.1) is 19.6 Å². The zero-order valence-corrected chi connectivity index (χ0v) is 12.6. The topological polar surface area (TPSA) is 42.2 Å². The Balaban J connectivity index is 2.24. The fourth-order valence-corrected chi connectivity index (χ4v) is 2.36. The summed E-state index contributed by atoms with van der Waals surface area (Å²) in [6.07, 6.45) is 0.309. The first-order valence-corrected chi connectivity index (χ1v) is 6.88. The summed E-state index contributed by atoms with van der Waals surface area (Å²) in [7, 11) is 1.60. The molecule has 2 aromatic carbocycles. The van der Waals surface area contributed by atoms with Gasteiger partial charge in [-0.05, 0) is 36.6 Å². The summed E-state index contributed by atoms with van der Waals surface area (Å²) in [5.41, 5.74) is 4.45. The van der Waals surface area contributed by atoms with Crippen molar-refractivity contribution in [2.75, 3.05) is 7.11 Å². The van der Waals surface area contributed by atoms with Crippen LogP contribution in [0, 0.1) is 25.2 Å². The lowest BCUT2D eigenvalue weighted by Gasteiger charge is -2.15. The number of benzene rings is 2. The van der Waals surface area contributed by atoms with E-state index in [1.165, 1.54) is 16.7 Å². The number of nitrogens with zero attached hydrogens (tertiary/aromatic N) is 1. The number of methoxy groups -OCH3 is 1. The van der Waals surface area contributed by atoms with E-state index in [1.807, 2.05) is 24.3 Å². The molecule has 0 spiro atoms. The molecule has 0 amide bonds. The van der Waals surface area contributed by atoms with E-state index in [1.54, 1.807) is 7.11 Å². The van der Waals surface area contributed by atoms with Crippen LogP contribution in [0.1, 0.15) is 22.3 Å². The van der Waals surface area contributed by atoms with Gasteiger partial charge in [0, 0.05) is 5.56 Å². The summed E-state index contributed by atoms with van der Waals surface area (Å²) in [4.78, 5) is 0. The smallest absolute Gasteiger partial charge is 0.164 e. The molecule has 2 aromatic rings. The van der Waals surface area contributed by atoms with Crippen molar-refractivity contribution >= 4 is 0 Å². The molecule has 0 aromatic heterocycles. The molecule has 0 N–H and O–H groups in total. The number of nitriles is 1. The van der Waals surface area contributed by atoms with Crippen molar-refractivity contribution in [2.24, 2.45) is 0 Å². The second-order valence-electron chi connectivity index (χ2n) is 4.94. The van der Waals surface area contributed by atoms with Crippen LogP contribution in [-0.4, -0.2) is 7.11 Å². The number of ether oxygens (including phenoxy) is 2. The number of rotatable bonds is 5. The van der Waals surface area contributed by atoms with E-state index in [-0.39, 0.29) is 0 Å². The van der Waals surface area contributed by atoms with E-state index in [0.717, 1.165) is 5.56 Å². The Morgan fingerprint density at radius 2 is 1.71 bits per heavy atom. The largest absolute Gasteiger partial charge is 0.493 e. The van der Waals surface area contributed by atoms with Gasteiger partial charge in [-0.1, -0.05) is 30.3 Å². The lowest BCUT2D eigenvalue weighted by molar-refractivity contribution is 0.282. The molecule has 0 bridgehead atoms. The minimum absolute atomic E-state index is 0.309. The van der Waals surface area contributed by atoms with Crippen LogP contribution in [0.2, 0.25) is 0 Å². The van der Waals surface area contributed by atoms with Crippen molar-refractivity contribution in [1.29, 1.82) is 5.26 Å². The molecule has 0 aliphatic rings. The second-order valence-corrected chi connectivity index (χ2v) is 4.94. The minimum Gasteiger partial charge on any atom is -0.493 e. The number of hydrogen-bond donors (Lipinski definition) is 0. The van der Waals surface area contributed by atoms with Crippen LogP contribution in [0.4, 0.5) is 0 Å². The predicted octanol–water partition coefficient (Wildman–Crippen LogP) is 3.96. The Morgan fingerprint density at radius 1 is 1.05 bits per heavy atom. The molecule has 0 heterocycles. The summed E-state index contributed by atoms with van der Waals surface area (Å²) >= 11 is 0. The third-order valence-electron chi connectivity index (χ3n) is 3.55. The van der Waals surface area contributed by atoms with Crippen molar-refractivity contribution in [2.45, 2.75) is 26.9 Å². The highest BCUT2D eigenvalue weighted by Gasteiger charge is 2.11. The van der Waals surface area contributed by atoms with Gasteiger partial charge in [0.1, 0.15) is 6.61 Å². The van der Waals surface area contributed by atoms with Gasteiger partial charge in [-0.25, -0.2) is 0 Å². The van der Waals surface area contributed by atoms with Crippen molar-refractivity contribution in [3.63, 3.8) is 0 Å². The lowest BCUT2D eigenvalue weighted by atomic mass is 10.0. The van der Waals surface area contributed by atoms with Crippen LogP contribution in [0.5, 0.6) is 11.5 Å². The van der Waals surface area contributed by atoms with Crippen LogP contribution >= 0.6 is 0 Å². The molecule has 108 valence electrons. The molecule has 3 heteroatoms. The number of hydrogen-bond acceptors (Lipinski definition) is 3. The SMILES string of the molecule is COc1c(CC#N)cccc1OCc1c(C)cccc1C. The molecule has 0 saturated carbocycles. The van der Waals surface area contributed by atoms with Gasteiger partial charge < -0.3 is 9.47 Å². The van der Waals surface area contributed by atoms with E-state index in [9.17, 15) is 0 Å². The molecule has 21 heavy (non-hydrogen) atoms. The molecular weight excluding hydrogens is 262 g/mol. The monoisotopic (exact) mass is 281 g/mol. The summed E-state index contributed by atoms with van der Waals surface area (Å²) in [6.45, 7) is 4.65. The molecule has 0 aliphatic carbocycles. The summed E-state index contributed by atoms with van der Waals surface area (Å²) in [6, 6.07) is 14.0. The Morgan fingerprint density at radius 3 is 2.33 bits per heavy atom. The van der Waals surface area contributed by atoms with Gasteiger partial charge >= 0.3 is 0 Å². The Hall–Kier alpha value is -2.47.